The van der Waals surface area contributed by atoms with Gasteiger partial charge in [0.05, 0.1) is 6.61 Å². The molecule has 0 atom stereocenters. The summed E-state index contributed by atoms with van der Waals surface area (Å²) < 4.78 is 3.71. The Morgan fingerprint density at radius 2 is 2.00 bits per heavy atom. The van der Waals surface area contributed by atoms with Crippen LogP contribution in [0.2, 0.25) is 0 Å². The Kier molecular flexibility index (Phi) is 3.11. The molecule has 0 radical (unpaired) electrons. The van der Waals surface area contributed by atoms with E-state index in [-0.39, 0.29) is 6.61 Å². The fourth-order valence-electron chi connectivity index (χ4n) is 1.18. The summed E-state index contributed by atoms with van der Waals surface area (Å²) in [4.78, 5) is 0. The van der Waals surface area contributed by atoms with Crippen LogP contribution in [0.15, 0.2) is 17.5 Å². The molecule has 1 aromatic carbocycles. The smallest absolute Gasteiger partial charge is 0.0692 e. The van der Waals surface area contributed by atoms with Crippen LogP contribution in [-0.4, -0.2) is 5.11 Å². The average Bonchev–Trinajstić information content (AvgIpc) is 2.46. The van der Waals surface area contributed by atoms with Crippen molar-refractivity contribution in [1.82, 2.24) is 0 Å². The molecule has 0 aliphatic rings. The maximum absolute atomic E-state index is 9.10. The van der Waals surface area contributed by atoms with Gasteiger partial charge in [-0.3, -0.25) is 0 Å². The van der Waals surface area contributed by atoms with Crippen LogP contribution in [0.25, 0.3) is 10.1 Å². The van der Waals surface area contributed by atoms with Crippen molar-refractivity contribution in [3.63, 3.8) is 0 Å². The summed E-state index contributed by atoms with van der Waals surface area (Å²) in [5.41, 5.74) is 1.02. The molecule has 1 aromatic heterocycles. The van der Waals surface area contributed by atoms with Crippen LogP contribution in [0, 0.1) is 7.14 Å². The quantitative estimate of drug-likeness (QED) is 0.705. The molecule has 4 heteroatoms. The van der Waals surface area contributed by atoms with E-state index in [4.69, 9.17) is 5.11 Å². The summed E-state index contributed by atoms with van der Waals surface area (Å²) in [6.07, 6.45) is 0. The zero-order chi connectivity index (χ0) is 9.42. The molecule has 68 valence electrons. The molecule has 1 N–H and O–H groups in total. The van der Waals surface area contributed by atoms with Crippen LogP contribution in [0.1, 0.15) is 5.56 Å². The van der Waals surface area contributed by atoms with Gasteiger partial charge in [-0.1, -0.05) is 0 Å². The normalized spacial score (nSPS) is 11.0. The first-order chi connectivity index (χ1) is 6.22. The van der Waals surface area contributed by atoms with Crippen molar-refractivity contribution < 1.29 is 5.11 Å². The van der Waals surface area contributed by atoms with E-state index in [1.54, 1.807) is 11.3 Å². The van der Waals surface area contributed by atoms with Gasteiger partial charge in [-0.2, -0.15) is 0 Å². The second kappa shape index (κ2) is 4.00. The predicted molar refractivity (Wildman–Crippen MR) is 73.2 cm³/mol. The number of rotatable bonds is 1. The molecular formula is C9H6I2OS. The van der Waals surface area contributed by atoms with Gasteiger partial charge in [0, 0.05) is 22.6 Å². The Morgan fingerprint density at radius 1 is 1.23 bits per heavy atom. The van der Waals surface area contributed by atoms with Crippen molar-refractivity contribution in [2.75, 3.05) is 0 Å². The monoisotopic (exact) mass is 416 g/mol. The van der Waals surface area contributed by atoms with Gasteiger partial charge in [0.15, 0.2) is 0 Å². The molecule has 13 heavy (non-hydrogen) atoms. The lowest BCUT2D eigenvalue weighted by Crippen LogP contribution is -1.87. The highest BCUT2D eigenvalue weighted by molar-refractivity contribution is 14.1. The van der Waals surface area contributed by atoms with Crippen LogP contribution in [0.4, 0.5) is 0 Å². The Balaban J connectivity index is 2.77. The van der Waals surface area contributed by atoms with Crippen LogP contribution < -0.4 is 0 Å². The molecule has 2 aromatic rings. The molecule has 1 nitrogen and oxygen atoms in total. The minimum absolute atomic E-state index is 0.125. The van der Waals surface area contributed by atoms with Gasteiger partial charge < -0.3 is 5.11 Å². The largest absolute Gasteiger partial charge is 0.392 e. The Morgan fingerprint density at radius 3 is 2.69 bits per heavy atom. The molecule has 1 heterocycles. The molecule has 0 aliphatic carbocycles. The lowest BCUT2D eigenvalue weighted by Gasteiger charge is -2.00. The lowest BCUT2D eigenvalue weighted by atomic mass is 10.2. The van der Waals surface area contributed by atoms with Crippen molar-refractivity contribution in [1.29, 1.82) is 0 Å². The zero-order valence-corrected chi connectivity index (χ0v) is 11.7. The van der Waals surface area contributed by atoms with Crippen molar-refractivity contribution in [2.24, 2.45) is 0 Å². The second-order valence-corrected chi connectivity index (χ2v) is 5.92. The van der Waals surface area contributed by atoms with Gasteiger partial charge in [-0.05, 0) is 62.9 Å². The summed E-state index contributed by atoms with van der Waals surface area (Å²) in [7, 11) is 0. The third-order valence-electron chi connectivity index (χ3n) is 1.87. The highest BCUT2D eigenvalue weighted by atomic mass is 127. The van der Waals surface area contributed by atoms with Crippen molar-refractivity contribution in [3.05, 3.63) is 30.2 Å². The number of fused-ring (bicyclic) bond motifs is 1. The van der Waals surface area contributed by atoms with Crippen LogP contribution in [0.5, 0.6) is 0 Å². The standard InChI is InChI=1S/C9H6I2OS/c10-7-2-9-6(1-5(7)3-12)8(11)4-13-9/h1-2,4,12H,3H2. The summed E-state index contributed by atoms with van der Waals surface area (Å²) in [5, 5.41) is 12.5. The Labute approximate surface area is 107 Å². The highest BCUT2D eigenvalue weighted by Gasteiger charge is 2.05. The third kappa shape index (κ3) is 1.86. The second-order valence-electron chi connectivity index (χ2n) is 2.68. The van der Waals surface area contributed by atoms with Crippen molar-refractivity contribution in [2.45, 2.75) is 6.61 Å². The molecule has 0 spiro atoms. The third-order valence-corrected chi connectivity index (χ3v) is 5.13. The van der Waals surface area contributed by atoms with Gasteiger partial charge in [-0.25, -0.2) is 0 Å². The number of benzene rings is 1. The van der Waals surface area contributed by atoms with Gasteiger partial charge in [0.1, 0.15) is 0 Å². The number of hydrogen-bond donors (Lipinski definition) is 1. The first-order valence-electron chi connectivity index (χ1n) is 3.68. The zero-order valence-electron chi connectivity index (χ0n) is 6.55. The predicted octanol–water partition coefficient (Wildman–Crippen LogP) is 3.60. The van der Waals surface area contributed by atoms with E-state index in [1.807, 2.05) is 0 Å². The van der Waals surface area contributed by atoms with Gasteiger partial charge >= 0.3 is 0 Å². The first kappa shape index (κ1) is 10.1. The topological polar surface area (TPSA) is 20.2 Å². The van der Waals surface area contributed by atoms with E-state index >= 15 is 0 Å². The molecule has 0 bridgehead atoms. The Bertz CT molecular complexity index is 450. The van der Waals surface area contributed by atoms with E-state index < -0.39 is 0 Å². The number of thiophene rings is 1. The van der Waals surface area contributed by atoms with Gasteiger partial charge in [-0.15, -0.1) is 11.3 Å². The minimum Gasteiger partial charge on any atom is -0.392 e. The van der Waals surface area contributed by atoms with Crippen molar-refractivity contribution >= 4 is 66.6 Å². The molecular weight excluding hydrogens is 410 g/mol. The number of hydrogen-bond acceptors (Lipinski definition) is 2. The summed E-state index contributed by atoms with van der Waals surface area (Å²) in [6.45, 7) is 0.125. The molecule has 0 unspecified atom stereocenters. The number of aliphatic hydroxyl groups is 1. The van der Waals surface area contributed by atoms with E-state index in [0.29, 0.717) is 0 Å². The minimum atomic E-state index is 0.125. The Hall–Kier alpha value is 0.600. The fourth-order valence-corrected chi connectivity index (χ4v) is 3.88. The van der Waals surface area contributed by atoms with Crippen molar-refractivity contribution in [3.8, 4) is 0 Å². The molecule has 0 aliphatic heterocycles. The summed E-state index contributed by atoms with van der Waals surface area (Å²) in [5.74, 6) is 0. The first-order valence-corrected chi connectivity index (χ1v) is 6.72. The summed E-state index contributed by atoms with van der Waals surface area (Å²) >= 11 is 6.34. The van der Waals surface area contributed by atoms with E-state index in [2.05, 4.69) is 62.7 Å². The van der Waals surface area contributed by atoms with E-state index in [9.17, 15) is 0 Å². The highest BCUT2D eigenvalue weighted by Crippen LogP contribution is 2.30. The van der Waals surface area contributed by atoms with Gasteiger partial charge in [0.25, 0.3) is 0 Å². The maximum Gasteiger partial charge on any atom is 0.0692 e. The van der Waals surface area contributed by atoms with E-state index in [0.717, 1.165) is 9.13 Å². The average molecular weight is 416 g/mol. The van der Waals surface area contributed by atoms with Crippen LogP contribution in [-0.2, 0) is 6.61 Å². The SMILES string of the molecule is OCc1cc2c(I)csc2cc1I. The number of aliphatic hydroxyl groups excluding tert-OH is 1. The van der Waals surface area contributed by atoms with Crippen LogP contribution in [0.3, 0.4) is 0 Å². The van der Waals surface area contributed by atoms with E-state index in [1.165, 1.54) is 13.7 Å². The molecule has 0 saturated carbocycles. The van der Waals surface area contributed by atoms with Crippen LogP contribution >= 0.6 is 56.5 Å². The molecule has 0 fully saturated rings. The molecule has 2 rings (SSSR count). The molecule has 0 saturated heterocycles. The maximum atomic E-state index is 9.10. The lowest BCUT2D eigenvalue weighted by molar-refractivity contribution is 0.281. The van der Waals surface area contributed by atoms with Gasteiger partial charge in [0.2, 0.25) is 0 Å². The fraction of sp³-hybridized carbons (Fsp3) is 0.111. The summed E-state index contributed by atoms with van der Waals surface area (Å²) in [6, 6.07) is 4.21. The molecule has 0 amide bonds. The number of halogens is 2.